The lowest BCUT2D eigenvalue weighted by atomic mass is 9.88. The summed E-state index contributed by atoms with van der Waals surface area (Å²) >= 11 is 0. The monoisotopic (exact) mass is 408 g/mol. The molecule has 5 nitrogen and oxygen atoms in total. The van der Waals surface area contributed by atoms with Crippen LogP contribution in [0.1, 0.15) is 32.6 Å². The number of allylic oxidation sites excluding steroid dienone is 6. The Kier molecular flexibility index (Phi) is 7.88. The Hall–Kier alpha value is -2.37. The smallest absolute Gasteiger partial charge is 0.246 e. The standard InChI is InChI=1S/C25H36N4O/c1-4-25(30)28(3)23-10-6-8-21(17-23)24-16-20(18-29-13-11-27-12-14-29)15-22(26)9-5-7-19(24)2/h4,6,8,10,15-16,23,27H,1,5,7,9,11-14,17-18,26H2,2-3H3/b20-16+,22-15+,24-19-. The zero-order valence-electron chi connectivity index (χ0n) is 18.5. The molecular formula is C25H36N4O. The number of likely N-dealkylation sites (N-methyl/N-ethyl adjacent to an activating group) is 1. The van der Waals surface area contributed by atoms with Gasteiger partial charge in [0, 0.05) is 45.5 Å². The van der Waals surface area contributed by atoms with E-state index in [0.717, 1.165) is 64.1 Å². The zero-order valence-corrected chi connectivity index (χ0v) is 18.5. The van der Waals surface area contributed by atoms with Gasteiger partial charge in [-0.3, -0.25) is 9.69 Å². The molecule has 0 aromatic carbocycles. The number of rotatable bonds is 5. The Morgan fingerprint density at radius 3 is 2.83 bits per heavy atom. The first-order valence-corrected chi connectivity index (χ1v) is 11.0. The minimum absolute atomic E-state index is 0.0447. The molecule has 162 valence electrons. The van der Waals surface area contributed by atoms with E-state index in [1.165, 1.54) is 28.4 Å². The van der Waals surface area contributed by atoms with Gasteiger partial charge in [-0.1, -0.05) is 36.5 Å². The number of carbonyl (C=O) groups excluding carboxylic acids is 1. The predicted octanol–water partition coefficient (Wildman–Crippen LogP) is 3.06. The van der Waals surface area contributed by atoms with Gasteiger partial charge < -0.3 is 16.0 Å². The second kappa shape index (κ2) is 10.6. The maximum Gasteiger partial charge on any atom is 0.246 e. The fourth-order valence-electron chi connectivity index (χ4n) is 4.37. The Morgan fingerprint density at radius 1 is 1.33 bits per heavy atom. The van der Waals surface area contributed by atoms with Gasteiger partial charge in [-0.25, -0.2) is 0 Å². The van der Waals surface area contributed by atoms with Gasteiger partial charge in [0.25, 0.3) is 0 Å². The van der Waals surface area contributed by atoms with Gasteiger partial charge in [0.15, 0.2) is 0 Å². The SMILES string of the molecule is C=CC(=O)N(C)C1C=CC=C(C2=C(/C)CCC\C(N)=C/C(CN3CCNCC3)=C\2)C1. The molecule has 3 aliphatic rings. The summed E-state index contributed by atoms with van der Waals surface area (Å²) in [4.78, 5) is 16.4. The number of carbonyl (C=O) groups is 1. The third-order valence-corrected chi connectivity index (χ3v) is 6.22. The molecule has 1 unspecified atom stereocenters. The first-order chi connectivity index (χ1) is 14.5. The summed E-state index contributed by atoms with van der Waals surface area (Å²) in [6.45, 7) is 11.0. The highest BCUT2D eigenvalue weighted by Crippen LogP contribution is 2.31. The minimum atomic E-state index is -0.0447. The van der Waals surface area contributed by atoms with E-state index in [0.29, 0.717) is 0 Å². The van der Waals surface area contributed by atoms with E-state index in [9.17, 15) is 4.79 Å². The quantitative estimate of drug-likeness (QED) is 0.687. The fraction of sp³-hybridized carbons (Fsp3) is 0.480. The summed E-state index contributed by atoms with van der Waals surface area (Å²) < 4.78 is 0. The van der Waals surface area contributed by atoms with E-state index >= 15 is 0 Å². The molecule has 1 amide bonds. The minimum Gasteiger partial charge on any atom is -0.402 e. The van der Waals surface area contributed by atoms with E-state index < -0.39 is 0 Å². The highest BCUT2D eigenvalue weighted by atomic mass is 16.2. The average Bonchev–Trinajstić information content (AvgIpc) is 2.82. The van der Waals surface area contributed by atoms with Crippen LogP contribution in [0.15, 0.2) is 71.0 Å². The predicted molar refractivity (Wildman–Crippen MR) is 125 cm³/mol. The molecule has 30 heavy (non-hydrogen) atoms. The van der Waals surface area contributed by atoms with Gasteiger partial charge in [-0.2, -0.15) is 0 Å². The van der Waals surface area contributed by atoms with Crippen LogP contribution in [0.4, 0.5) is 0 Å². The largest absolute Gasteiger partial charge is 0.402 e. The van der Waals surface area contributed by atoms with Gasteiger partial charge in [0.05, 0.1) is 6.04 Å². The summed E-state index contributed by atoms with van der Waals surface area (Å²) in [6, 6.07) is 0.0501. The number of nitrogens with one attached hydrogen (secondary N) is 1. The van der Waals surface area contributed by atoms with Crippen molar-refractivity contribution in [2.45, 2.75) is 38.6 Å². The van der Waals surface area contributed by atoms with Crippen LogP contribution in [-0.4, -0.2) is 61.5 Å². The first kappa shape index (κ1) is 22.3. The highest BCUT2D eigenvalue weighted by Gasteiger charge is 2.22. The molecule has 5 heteroatoms. The van der Waals surface area contributed by atoms with Crippen molar-refractivity contribution in [2.75, 3.05) is 39.8 Å². The summed E-state index contributed by atoms with van der Waals surface area (Å²) in [6.07, 6.45) is 16.1. The zero-order chi connectivity index (χ0) is 21.5. The number of amides is 1. The molecule has 1 heterocycles. The van der Waals surface area contributed by atoms with Crippen molar-refractivity contribution in [3.8, 4) is 0 Å². The third kappa shape index (κ3) is 5.83. The molecule has 0 saturated carbocycles. The highest BCUT2D eigenvalue weighted by molar-refractivity contribution is 5.87. The summed E-state index contributed by atoms with van der Waals surface area (Å²) in [7, 11) is 1.85. The molecule has 2 aliphatic carbocycles. The topological polar surface area (TPSA) is 61.6 Å². The summed E-state index contributed by atoms with van der Waals surface area (Å²) in [5.74, 6) is -0.0447. The maximum atomic E-state index is 12.1. The van der Waals surface area contributed by atoms with Crippen molar-refractivity contribution in [1.29, 1.82) is 0 Å². The van der Waals surface area contributed by atoms with E-state index in [1.807, 2.05) is 7.05 Å². The van der Waals surface area contributed by atoms with Crippen LogP contribution in [0.5, 0.6) is 0 Å². The number of hydrogen-bond donors (Lipinski definition) is 2. The van der Waals surface area contributed by atoms with Crippen LogP contribution in [-0.2, 0) is 4.79 Å². The Balaban J connectivity index is 1.89. The van der Waals surface area contributed by atoms with Gasteiger partial charge in [-0.05, 0) is 61.5 Å². The molecule has 0 bridgehead atoms. The Bertz CT molecular complexity index is 809. The molecule has 0 aromatic rings. The van der Waals surface area contributed by atoms with Crippen LogP contribution in [0.25, 0.3) is 0 Å². The average molecular weight is 409 g/mol. The molecule has 0 spiro atoms. The van der Waals surface area contributed by atoms with Crippen molar-refractivity contribution in [2.24, 2.45) is 5.73 Å². The van der Waals surface area contributed by atoms with Crippen LogP contribution in [0.2, 0.25) is 0 Å². The van der Waals surface area contributed by atoms with Gasteiger partial charge in [0.1, 0.15) is 0 Å². The van der Waals surface area contributed by atoms with Crippen LogP contribution >= 0.6 is 0 Å². The van der Waals surface area contributed by atoms with Crippen molar-refractivity contribution in [3.05, 3.63) is 71.0 Å². The third-order valence-electron chi connectivity index (χ3n) is 6.22. The second-order valence-corrected chi connectivity index (χ2v) is 8.51. The van der Waals surface area contributed by atoms with E-state index in [2.05, 4.69) is 54.1 Å². The normalized spacial score (nSPS) is 29.4. The molecule has 1 fully saturated rings. The molecule has 1 saturated heterocycles. The van der Waals surface area contributed by atoms with Gasteiger partial charge in [-0.15, -0.1) is 0 Å². The number of piperazine rings is 1. The summed E-state index contributed by atoms with van der Waals surface area (Å²) in [5.41, 5.74) is 12.6. The molecule has 0 radical (unpaired) electrons. The van der Waals surface area contributed by atoms with Crippen molar-refractivity contribution < 1.29 is 4.79 Å². The van der Waals surface area contributed by atoms with Crippen LogP contribution < -0.4 is 11.1 Å². The van der Waals surface area contributed by atoms with Crippen molar-refractivity contribution in [1.82, 2.24) is 15.1 Å². The molecule has 3 rings (SSSR count). The molecule has 1 atom stereocenters. The number of hydrogen-bond acceptors (Lipinski definition) is 4. The van der Waals surface area contributed by atoms with Crippen molar-refractivity contribution >= 4 is 5.91 Å². The molecule has 3 N–H and O–H groups in total. The van der Waals surface area contributed by atoms with Crippen LogP contribution in [0.3, 0.4) is 0 Å². The molecular weight excluding hydrogens is 372 g/mol. The van der Waals surface area contributed by atoms with E-state index in [1.54, 1.807) is 4.90 Å². The lowest BCUT2D eigenvalue weighted by molar-refractivity contribution is -0.125. The Morgan fingerprint density at radius 2 is 2.10 bits per heavy atom. The Labute approximate surface area is 181 Å². The molecule has 1 aliphatic heterocycles. The number of nitrogens with zero attached hydrogens (tertiary/aromatic N) is 2. The number of nitrogens with two attached hydrogens (primary N) is 1. The van der Waals surface area contributed by atoms with Gasteiger partial charge >= 0.3 is 0 Å². The maximum absolute atomic E-state index is 12.1. The van der Waals surface area contributed by atoms with E-state index in [4.69, 9.17) is 5.73 Å². The lowest BCUT2D eigenvalue weighted by Gasteiger charge is -2.29. The van der Waals surface area contributed by atoms with E-state index in [-0.39, 0.29) is 11.9 Å². The lowest BCUT2D eigenvalue weighted by Crippen LogP contribution is -2.44. The van der Waals surface area contributed by atoms with Crippen molar-refractivity contribution in [3.63, 3.8) is 0 Å². The van der Waals surface area contributed by atoms with Gasteiger partial charge in [0.2, 0.25) is 5.91 Å². The fourth-order valence-corrected chi connectivity index (χ4v) is 4.37. The summed E-state index contributed by atoms with van der Waals surface area (Å²) in [5, 5.41) is 3.42. The van der Waals surface area contributed by atoms with Crippen LogP contribution in [0, 0.1) is 0 Å². The second-order valence-electron chi connectivity index (χ2n) is 8.51. The first-order valence-electron chi connectivity index (χ1n) is 11.0. The molecule has 0 aromatic heterocycles.